The van der Waals surface area contributed by atoms with Crippen molar-refractivity contribution in [2.75, 3.05) is 40.6 Å². The van der Waals surface area contributed by atoms with Crippen LogP contribution in [0.15, 0.2) is 24.3 Å². The first-order valence-corrected chi connectivity index (χ1v) is 12.6. The van der Waals surface area contributed by atoms with E-state index in [1.54, 1.807) is 14.2 Å². The van der Waals surface area contributed by atoms with Gasteiger partial charge in [-0.3, -0.25) is 0 Å². The number of phenols is 2. The van der Waals surface area contributed by atoms with Crippen LogP contribution in [-0.4, -0.2) is 50.9 Å². The molecule has 0 heterocycles. The predicted molar refractivity (Wildman–Crippen MR) is 136 cm³/mol. The standard InChI is InChI=1S/C29H40O6/c1-27(2)17-29(21-13-23(30)25(15-19(21)27)34-11-7-9-32-5)18-28(3,4)20-16-26(24(31)14-22(20)29)35-12-8-10-33-6/h13-16,30-31H,7-12,17-18H2,1-6H3. The molecular formula is C29H40O6. The van der Waals surface area contributed by atoms with Crippen LogP contribution in [-0.2, 0) is 25.7 Å². The molecule has 0 saturated heterocycles. The van der Waals surface area contributed by atoms with E-state index in [0.717, 1.165) is 36.8 Å². The Labute approximate surface area is 209 Å². The third-order valence-electron chi connectivity index (χ3n) is 7.68. The van der Waals surface area contributed by atoms with E-state index in [0.29, 0.717) is 37.9 Å². The number of rotatable bonds is 10. The molecule has 35 heavy (non-hydrogen) atoms. The van der Waals surface area contributed by atoms with Gasteiger partial charge < -0.3 is 29.2 Å². The smallest absolute Gasteiger partial charge is 0.161 e. The Kier molecular flexibility index (Phi) is 7.00. The highest BCUT2D eigenvalue weighted by Crippen LogP contribution is 2.64. The van der Waals surface area contributed by atoms with Crippen LogP contribution in [0.1, 0.15) is 75.6 Å². The molecule has 6 nitrogen and oxygen atoms in total. The van der Waals surface area contributed by atoms with E-state index >= 15 is 0 Å². The number of methoxy groups -OCH3 is 2. The molecule has 0 atom stereocenters. The zero-order valence-electron chi connectivity index (χ0n) is 22.0. The van der Waals surface area contributed by atoms with Crippen LogP contribution in [0.2, 0.25) is 0 Å². The first kappa shape index (κ1) is 25.6. The fourth-order valence-corrected chi connectivity index (χ4v) is 6.34. The summed E-state index contributed by atoms with van der Waals surface area (Å²) in [7, 11) is 3.34. The molecule has 192 valence electrons. The highest BCUT2D eigenvalue weighted by Gasteiger charge is 2.57. The van der Waals surface area contributed by atoms with Gasteiger partial charge in [-0.1, -0.05) is 27.7 Å². The highest BCUT2D eigenvalue weighted by molar-refractivity contribution is 5.65. The second-order valence-electron chi connectivity index (χ2n) is 11.3. The van der Waals surface area contributed by atoms with E-state index in [-0.39, 0.29) is 27.7 Å². The molecule has 2 N–H and O–H groups in total. The third kappa shape index (κ3) is 4.58. The maximum absolute atomic E-state index is 10.9. The topological polar surface area (TPSA) is 77.4 Å². The molecule has 1 spiro atoms. The van der Waals surface area contributed by atoms with Crippen LogP contribution >= 0.6 is 0 Å². The monoisotopic (exact) mass is 484 g/mol. The van der Waals surface area contributed by atoms with E-state index in [1.165, 1.54) is 11.1 Å². The van der Waals surface area contributed by atoms with Crippen molar-refractivity contribution < 1.29 is 29.2 Å². The lowest BCUT2D eigenvalue weighted by atomic mass is 9.72. The molecule has 0 unspecified atom stereocenters. The quantitative estimate of drug-likeness (QED) is 0.429. The van der Waals surface area contributed by atoms with Crippen molar-refractivity contribution in [3.05, 3.63) is 46.5 Å². The summed E-state index contributed by atoms with van der Waals surface area (Å²) in [6.07, 6.45) is 3.31. The molecule has 2 aliphatic rings. The first-order valence-electron chi connectivity index (χ1n) is 12.6. The van der Waals surface area contributed by atoms with Gasteiger partial charge in [0.1, 0.15) is 0 Å². The minimum Gasteiger partial charge on any atom is -0.504 e. The van der Waals surface area contributed by atoms with Crippen LogP contribution in [0.3, 0.4) is 0 Å². The molecule has 0 aliphatic heterocycles. The van der Waals surface area contributed by atoms with Crippen molar-refractivity contribution in [3.63, 3.8) is 0 Å². The lowest BCUT2D eigenvalue weighted by Gasteiger charge is -2.30. The fraction of sp³-hybridized carbons (Fsp3) is 0.586. The van der Waals surface area contributed by atoms with Gasteiger partial charge in [-0.05, 0) is 70.2 Å². The average Bonchev–Trinajstić information content (AvgIpc) is 3.13. The van der Waals surface area contributed by atoms with E-state index in [4.69, 9.17) is 18.9 Å². The van der Waals surface area contributed by atoms with Gasteiger partial charge in [0, 0.05) is 45.7 Å². The summed E-state index contributed by atoms with van der Waals surface area (Å²) >= 11 is 0. The predicted octanol–water partition coefficient (Wildman–Crippen LogP) is 5.58. The van der Waals surface area contributed by atoms with Crippen molar-refractivity contribution in [3.8, 4) is 23.0 Å². The number of phenolic OH excluding ortho intramolecular Hbond substituents is 2. The Hall–Kier alpha value is -2.44. The number of ether oxygens (including phenoxy) is 4. The van der Waals surface area contributed by atoms with Crippen molar-refractivity contribution >= 4 is 0 Å². The molecule has 0 saturated carbocycles. The summed E-state index contributed by atoms with van der Waals surface area (Å²) < 4.78 is 22.0. The molecule has 4 rings (SSSR count). The summed E-state index contributed by atoms with van der Waals surface area (Å²) in [5.74, 6) is 1.36. The summed E-state index contributed by atoms with van der Waals surface area (Å²) in [5.41, 5.74) is 4.12. The van der Waals surface area contributed by atoms with Gasteiger partial charge in [0.2, 0.25) is 0 Å². The number of benzene rings is 2. The summed E-state index contributed by atoms with van der Waals surface area (Å²) in [4.78, 5) is 0. The van der Waals surface area contributed by atoms with Crippen molar-refractivity contribution in [1.82, 2.24) is 0 Å². The molecule has 0 radical (unpaired) electrons. The van der Waals surface area contributed by atoms with Gasteiger partial charge in [0.25, 0.3) is 0 Å². The summed E-state index contributed by atoms with van der Waals surface area (Å²) in [6.45, 7) is 11.2. The molecule has 6 heteroatoms. The molecule has 0 amide bonds. The zero-order chi connectivity index (χ0) is 25.4. The maximum atomic E-state index is 10.9. The van der Waals surface area contributed by atoms with E-state index in [9.17, 15) is 10.2 Å². The Balaban J connectivity index is 1.74. The van der Waals surface area contributed by atoms with Crippen LogP contribution in [0.25, 0.3) is 0 Å². The SMILES string of the molecule is COCCCOc1cc2c(cc1O)C1(CC2(C)C)CC(C)(C)c2cc(OCCCOC)c(O)cc21. The minimum atomic E-state index is -0.296. The first-order chi connectivity index (χ1) is 16.6. The lowest BCUT2D eigenvalue weighted by molar-refractivity contribution is 0.170. The Morgan fingerprint density at radius 1 is 0.629 bits per heavy atom. The molecule has 2 aliphatic carbocycles. The zero-order valence-corrected chi connectivity index (χ0v) is 22.0. The number of hydrogen-bond donors (Lipinski definition) is 2. The Morgan fingerprint density at radius 2 is 1.03 bits per heavy atom. The van der Waals surface area contributed by atoms with Gasteiger partial charge >= 0.3 is 0 Å². The third-order valence-corrected chi connectivity index (χ3v) is 7.68. The Morgan fingerprint density at radius 3 is 1.40 bits per heavy atom. The van der Waals surface area contributed by atoms with Crippen molar-refractivity contribution in [2.24, 2.45) is 0 Å². The van der Waals surface area contributed by atoms with Crippen LogP contribution < -0.4 is 9.47 Å². The molecule has 0 fully saturated rings. The van der Waals surface area contributed by atoms with Crippen LogP contribution in [0, 0.1) is 0 Å². The van der Waals surface area contributed by atoms with Gasteiger partial charge in [0.05, 0.1) is 13.2 Å². The molecule has 2 aromatic rings. The summed E-state index contributed by atoms with van der Waals surface area (Å²) in [6, 6.07) is 7.83. The molecule has 0 bridgehead atoms. The molecule has 2 aromatic carbocycles. The van der Waals surface area contributed by atoms with E-state index < -0.39 is 0 Å². The van der Waals surface area contributed by atoms with E-state index in [1.807, 2.05) is 24.3 Å². The second-order valence-corrected chi connectivity index (χ2v) is 11.3. The second kappa shape index (κ2) is 9.55. The van der Waals surface area contributed by atoms with Crippen LogP contribution in [0.4, 0.5) is 0 Å². The lowest BCUT2D eigenvalue weighted by Crippen LogP contribution is -2.26. The fourth-order valence-electron chi connectivity index (χ4n) is 6.34. The van der Waals surface area contributed by atoms with Crippen molar-refractivity contribution in [2.45, 2.75) is 69.6 Å². The van der Waals surface area contributed by atoms with Gasteiger partial charge in [-0.25, -0.2) is 0 Å². The largest absolute Gasteiger partial charge is 0.504 e. The molecule has 0 aromatic heterocycles. The van der Waals surface area contributed by atoms with E-state index in [2.05, 4.69) is 27.7 Å². The normalized spacial score (nSPS) is 18.5. The number of aromatic hydroxyl groups is 2. The summed E-state index contributed by atoms with van der Waals surface area (Å²) in [5, 5.41) is 21.9. The number of hydrogen-bond acceptors (Lipinski definition) is 6. The van der Waals surface area contributed by atoms with Gasteiger partial charge in [-0.15, -0.1) is 0 Å². The minimum absolute atomic E-state index is 0.115. The van der Waals surface area contributed by atoms with Crippen molar-refractivity contribution in [1.29, 1.82) is 0 Å². The van der Waals surface area contributed by atoms with Gasteiger partial charge in [-0.2, -0.15) is 0 Å². The number of fused-ring (bicyclic) bond motifs is 4. The molecular weight excluding hydrogens is 444 g/mol. The maximum Gasteiger partial charge on any atom is 0.161 e. The average molecular weight is 485 g/mol. The highest BCUT2D eigenvalue weighted by atomic mass is 16.5. The van der Waals surface area contributed by atoms with Crippen LogP contribution in [0.5, 0.6) is 23.0 Å². The Bertz CT molecular complexity index is 986. The van der Waals surface area contributed by atoms with Gasteiger partial charge in [0.15, 0.2) is 23.0 Å².